The van der Waals surface area contributed by atoms with Gasteiger partial charge in [-0.25, -0.2) is 9.50 Å². The summed E-state index contributed by atoms with van der Waals surface area (Å²) in [6, 6.07) is 10.8. The molecule has 1 N–H and O–H groups in total. The van der Waals surface area contributed by atoms with E-state index in [0.717, 1.165) is 24.3 Å². The maximum Gasteiger partial charge on any atom is 0.154 e. The molecule has 1 fully saturated rings. The first-order chi connectivity index (χ1) is 11.4. The van der Waals surface area contributed by atoms with Crippen LogP contribution in [0.2, 0.25) is 0 Å². The Labute approximate surface area is 136 Å². The highest BCUT2D eigenvalue weighted by atomic mass is 15.2. The molecule has 0 aliphatic carbocycles. The molecule has 1 saturated heterocycles. The quantitative estimate of drug-likeness (QED) is 0.787. The lowest BCUT2D eigenvalue weighted by molar-refractivity contribution is 0.685. The van der Waals surface area contributed by atoms with Crippen molar-refractivity contribution in [3.05, 3.63) is 60.0 Å². The second kappa shape index (κ2) is 6.38. The van der Waals surface area contributed by atoms with Crippen molar-refractivity contribution in [2.75, 3.05) is 18.0 Å². The Morgan fingerprint density at radius 2 is 1.74 bits per heavy atom. The van der Waals surface area contributed by atoms with Gasteiger partial charge < -0.3 is 10.2 Å². The van der Waals surface area contributed by atoms with Gasteiger partial charge in [0.1, 0.15) is 0 Å². The van der Waals surface area contributed by atoms with Gasteiger partial charge in [0.15, 0.2) is 5.65 Å². The predicted molar refractivity (Wildman–Crippen MR) is 91.4 cm³/mol. The number of benzene rings is 1. The van der Waals surface area contributed by atoms with Crippen molar-refractivity contribution in [3.8, 4) is 0 Å². The van der Waals surface area contributed by atoms with E-state index < -0.39 is 0 Å². The van der Waals surface area contributed by atoms with Crippen molar-refractivity contribution < 1.29 is 0 Å². The fourth-order valence-corrected chi connectivity index (χ4v) is 3.09. The minimum Gasteiger partial charge on any atom is -0.372 e. The van der Waals surface area contributed by atoms with Crippen molar-refractivity contribution in [3.63, 3.8) is 0 Å². The molecule has 3 aromatic rings. The van der Waals surface area contributed by atoms with Gasteiger partial charge in [-0.15, -0.1) is 0 Å². The van der Waals surface area contributed by atoms with Crippen LogP contribution in [0.5, 0.6) is 0 Å². The zero-order valence-corrected chi connectivity index (χ0v) is 13.2. The molecule has 23 heavy (non-hydrogen) atoms. The number of nitrogens with zero attached hydrogens (tertiary/aromatic N) is 4. The molecule has 2 aromatic heterocycles. The molecule has 1 aliphatic heterocycles. The highest BCUT2D eigenvalue weighted by Crippen LogP contribution is 2.20. The van der Waals surface area contributed by atoms with Crippen molar-refractivity contribution >= 4 is 11.3 Å². The first kappa shape index (κ1) is 14.2. The molecule has 0 amide bonds. The highest BCUT2D eigenvalue weighted by molar-refractivity contribution is 5.48. The van der Waals surface area contributed by atoms with Gasteiger partial charge >= 0.3 is 0 Å². The van der Waals surface area contributed by atoms with E-state index >= 15 is 0 Å². The maximum absolute atomic E-state index is 4.38. The molecule has 0 atom stereocenters. The number of nitrogens with one attached hydrogen (secondary N) is 1. The topological polar surface area (TPSA) is 45.5 Å². The van der Waals surface area contributed by atoms with E-state index in [2.05, 4.69) is 44.6 Å². The van der Waals surface area contributed by atoms with Crippen LogP contribution in [0.4, 0.5) is 5.69 Å². The van der Waals surface area contributed by atoms with Crippen LogP contribution in [-0.2, 0) is 13.1 Å². The molecule has 0 radical (unpaired) electrons. The van der Waals surface area contributed by atoms with Gasteiger partial charge in [0.05, 0.1) is 6.20 Å². The Balaban J connectivity index is 1.33. The average molecular weight is 307 g/mol. The summed E-state index contributed by atoms with van der Waals surface area (Å²) in [7, 11) is 0. The lowest BCUT2D eigenvalue weighted by Gasteiger charge is -2.17. The molecule has 0 saturated carbocycles. The third-order valence-corrected chi connectivity index (χ3v) is 4.37. The van der Waals surface area contributed by atoms with Gasteiger partial charge in [-0.1, -0.05) is 12.1 Å². The smallest absolute Gasteiger partial charge is 0.154 e. The standard InChI is InChI=1S/C18H21N5/c1-2-10-22(9-1)17-5-3-15(4-6-17)11-19-12-16-13-20-18-7-8-21-23(18)14-16/h3-8,13-14,19H,1-2,9-12H2. The van der Waals surface area contributed by atoms with E-state index in [4.69, 9.17) is 0 Å². The van der Waals surface area contributed by atoms with Gasteiger partial charge in [0, 0.05) is 55.9 Å². The summed E-state index contributed by atoms with van der Waals surface area (Å²) in [4.78, 5) is 6.84. The summed E-state index contributed by atoms with van der Waals surface area (Å²) in [6.45, 7) is 4.04. The van der Waals surface area contributed by atoms with Gasteiger partial charge in [0.25, 0.3) is 0 Å². The normalized spacial score (nSPS) is 14.7. The van der Waals surface area contributed by atoms with E-state index in [9.17, 15) is 0 Å². The third kappa shape index (κ3) is 3.19. The summed E-state index contributed by atoms with van der Waals surface area (Å²) in [5.74, 6) is 0. The molecule has 1 aliphatic rings. The number of hydrogen-bond acceptors (Lipinski definition) is 4. The van der Waals surface area contributed by atoms with E-state index in [0.29, 0.717) is 0 Å². The third-order valence-electron chi connectivity index (χ3n) is 4.37. The largest absolute Gasteiger partial charge is 0.372 e. The molecule has 0 unspecified atom stereocenters. The van der Waals surface area contributed by atoms with Crippen molar-refractivity contribution in [1.29, 1.82) is 0 Å². The van der Waals surface area contributed by atoms with E-state index in [1.54, 1.807) is 6.20 Å². The number of hydrogen-bond donors (Lipinski definition) is 1. The zero-order valence-electron chi connectivity index (χ0n) is 13.2. The molecular formula is C18H21N5. The lowest BCUT2D eigenvalue weighted by atomic mass is 10.2. The predicted octanol–water partition coefficient (Wildman–Crippen LogP) is 2.62. The molecule has 0 bridgehead atoms. The van der Waals surface area contributed by atoms with Crippen LogP contribution in [0.25, 0.3) is 5.65 Å². The molecule has 5 nitrogen and oxygen atoms in total. The van der Waals surface area contributed by atoms with E-state index in [1.807, 2.05) is 23.0 Å². The molecule has 118 valence electrons. The van der Waals surface area contributed by atoms with Crippen LogP contribution in [0, 0.1) is 0 Å². The van der Waals surface area contributed by atoms with Gasteiger partial charge in [0.2, 0.25) is 0 Å². The Kier molecular flexibility index (Phi) is 3.94. The second-order valence-electron chi connectivity index (χ2n) is 6.06. The summed E-state index contributed by atoms with van der Waals surface area (Å²) in [5.41, 5.74) is 4.67. The molecule has 1 aromatic carbocycles. The average Bonchev–Trinajstić information content (AvgIpc) is 3.27. The van der Waals surface area contributed by atoms with Gasteiger partial charge in [-0.2, -0.15) is 5.10 Å². The monoisotopic (exact) mass is 307 g/mol. The van der Waals surface area contributed by atoms with Crippen LogP contribution >= 0.6 is 0 Å². The molecule has 4 rings (SSSR count). The highest BCUT2D eigenvalue weighted by Gasteiger charge is 2.11. The SMILES string of the molecule is c1cc2ncc(CNCc3ccc(N4CCCC4)cc3)cn2n1. The summed E-state index contributed by atoms with van der Waals surface area (Å²) >= 11 is 0. The van der Waals surface area contributed by atoms with Crippen molar-refractivity contribution in [2.24, 2.45) is 0 Å². The minimum atomic E-state index is 0.788. The van der Waals surface area contributed by atoms with Crippen LogP contribution in [0.1, 0.15) is 24.0 Å². The molecule has 0 spiro atoms. The maximum atomic E-state index is 4.38. The minimum absolute atomic E-state index is 0.788. The van der Waals surface area contributed by atoms with Crippen molar-refractivity contribution in [1.82, 2.24) is 19.9 Å². The van der Waals surface area contributed by atoms with Gasteiger partial charge in [-0.3, -0.25) is 0 Å². The summed E-state index contributed by atoms with van der Waals surface area (Å²) in [6.07, 6.45) is 8.32. The second-order valence-corrected chi connectivity index (χ2v) is 6.06. The Morgan fingerprint density at radius 3 is 2.57 bits per heavy atom. The Morgan fingerprint density at radius 1 is 0.957 bits per heavy atom. The first-order valence-corrected chi connectivity index (χ1v) is 8.21. The van der Waals surface area contributed by atoms with E-state index in [-0.39, 0.29) is 0 Å². The molecular weight excluding hydrogens is 286 g/mol. The number of aromatic nitrogens is 3. The van der Waals surface area contributed by atoms with Crippen molar-refractivity contribution in [2.45, 2.75) is 25.9 Å². The molecule has 5 heteroatoms. The zero-order chi connectivity index (χ0) is 15.5. The van der Waals surface area contributed by atoms with Crippen LogP contribution in [0.15, 0.2) is 48.9 Å². The summed E-state index contributed by atoms with van der Waals surface area (Å²) < 4.78 is 1.81. The van der Waals surface area contributed by atoms with Crippen LogP contribution in [0.3, 0.4) is 0 Å². The van der Waals surface area contributed by atoms with Crippen LogP contribution < -0.4 is 10.2 Å². The number of anilines is 1. The van der Waals surface area contributed by atoms with Gasteiger partial charge in [-0.05, 0) is 30.5 Å². The van der Waals surface area contributed by atoms with E-state index in [1.165, 1.54) is 37.2 Å². The Hall–Kier alpha value is -2.40. The number of fused-ring (bicyclic) bond motifs is 1. The first-order valence-electron chi connectivity index (χ1n) is 8.21. The fourth-order valence-electron chi connectivity index (χ4n) is 3.09. The fraction of sp³-hybridized carbons (Fsp3) is 0.333. The van der Waals surface area contributed by atoms with Crippen LogP contribution in [-0.4, -0.2) is 27.7 Å². The number of rotatable bonds is 5. The lowest BCUT2D eigenvalue weighted by Crippen LogP contribution is -2.17. The Bertz CT molecular complexity index is 771. The summed E-state index contributed by atoms with van der Waals surface area (Å²) in [5, 5.41) is 7.68. The molecule has 3 heterocycles.